The second-order valence-corrected chi connectivity index (χ2v) is 8.65. The van der Waals surface area contributed by atoms with Gasteiger partial charge >= 0.3 is 0 Å². The molecule has 3 rings (SSSR count). The summed E-state index contributed by atoms with van der Waals surface area (Å²) in [6.07, 6.45) is 1.85. The highest BCUT2D eigenvalue weighted by Gasteiger charge is 2.21. The molecule has 0 radical (unpaired) electrons. The molecule has 156 valence electrons. The molecule has 0 saturated heterocycles. The van der Waals surface area contributed by atoms with Gasteiger partial charge in [0.25, 0.3) is 15.9 Å². The van der Waals surface area contributed by atoms with Crippen LogP contribution < -0.4 is 5.49 Å². The SMILES string of the molecule is CON(C)S(=O)(=O)c1cccc(C(=O)N=c2ccccn2Cc2ccc(C)cc2)c1. The van der Waals surface area contributed by atoms with Gasteiger partial charge < -0.3 is 4.57 Å². The highest BCUT2D eigenvalue weighted by atomic mass is 32.2. The number of benzene rings is 2. The Morgan fingerprint density at radius 2 is 1.80 bits per heavy atom. The Morgan fingerprint density at radius 3 is 2.50 bits per heavy atom. The number of carbonyl (C=O) groups is 1. The first kappa shape index (κ1) is 21.6. The summed E-state index contributed by atoms with van der Waals surface area (Å²) >= 11 is 0. The highest BCUT2D eigenvalue weighted by molar-refractivity contribution is 7.89. The van der Waals surface area contributed by atoms with Crippen molar-refractivity contribution in [1.82, 2.24) is 9.04 Å². The van der Waals surface area contributed by atoms with Crippen molar-refractivity contribution in [3.63, 3.8) is 0 Å². The van der Waals surface area contributed by atoms with Crippen molar-refractivity contribution in [2.24, 2.45) is 4.99 Å². The van der Waals surface area contributed by atoms with Crippen molar-refractivity contribution in [2.45, 2.75) is 18.4 Å². The van der Waals surface area contributed by atoms with Crippen LogP contribution >= 0.6 is 0 Å². The van der Waals surface area contributed by atoms with E-state index in [9.17, 15) is 13.2 Å². The molecule has 30 heavy (non-hydrogen) atoms. The summed E-state index contributed by atoms with van der Waals surface area (Å²) in [7, 11) is -1.32. The molecular weight excluding hydrogens is 402 g/mol. The summed E-state index contributed by atoms with van der Waals surface area (Å²) in [6.45, 7) is 2.58. The number of hydrogen-bond acceptors (Lipinski definition) is 4. The molecule has 2 aromatic carbocycles. The van der Waals surface area contributed by atoms with Crippen LogP contribution in [0, 0.1) is 6.92 Å². The van der Waals surface area contributed by atoms with E-state index in [-0.39, 0.29) is 10.5 Å². The van der Waals surface area contributed by atoms with Crippen LogP contribution in [0.25, 0.3) is 0 Å². The Labute approximate surface area is 175 Å². The van der Waals surface area contributed by atoms with Crippen molar-refractivity contribution in [2.75, 3.05) is 14.2 Å². The average Bonchev–Trinajstić information content (AvgIpc) is 2.76. The molecule has 1 aromatic heterocycles. The molecular formula is C22H23N3O4S. The first-order valence-electron chi connectivity index (χ1n) is 9.24. The highest BCUT2D eigenvalue weighted by Crippen LogP contribution is 2.16. The third kappa shape index (κ3) is 4.91. The summed E-state index contributed by atoms with van der Waals surface area (Å²) in [6, 6.07) is 19.3. The molecule has 0 unspecified atom stereocenters. The molecule has 0 aliphatic rings. The summed E-state index contributed by atoms with van der Waals surface area (Å²) in [5, 5.41) is 0. The van der Waals surface area contributed by atoms with Gasteiger partial charge in [0.05, 0.1) is 12.0 Å². The van der Waals surface area contributed by atoms with E-state index >= 15 is 0 Å². The van der Waals surface area contributed by atoms with Gasteiger partial charge in [0.15, 0.2) is 0 Å². The fourth-order valence-electron chi connectivity index (χ4n) is 2.80. The second-order valence-electron chi connectivity index (χ2n) is 6.71. The number of rotatable bonds is 6. The Bertz CT molecular complexity index is 1220. The maximum atomic E-state index is 12.8. The molecule has 1 amide bonds. The standard InChI is InChI=1S/C22H23N3O4S/c1-17-10-12-18(13-11-17)16-25-14-5-4-9-21(25)23-22(26)19-7-6-8-20(15-19)30(27,28)24(2)29-3/h4-15H,16H2,1-3H3. The summed E-state index contributed by atoms with van der Waals surface area (Å²) in [4.78, 5) is 21.7. The lowest BCUT2D eigenvalue weighted by molar-refractivity contribution is -0.0258. The zero-order valence-corrected chi connectivity index (χ0v) is 17.8. The van der Waals surface area contributed by atoms with E-state index in [1.54, 1.807) is 12.1 Å². The second kappa shape index (κ2) is 9.17. The van der Waals surface area contributed by atoms with Crippen LogP contribution in [0.5, 0.6) is 0 Å². The topological polar surface area (TPSA) is 81.0 Å². The monoisotopic (exact) mass is 425 g/mol. The maximum absolute atomic E-state index is 12.8. The van der Waals surface area contributed by atoms with E-state index in [1.165, 1.54) is 44.0 Å². The van der Waals surface area contributed by atoms with Gasteiger partial charge in [0.1, 0.15) is 5.49 Å². The quantitative estimate of drug-likeness (QED) is 0.569. The number of nitrogens with zero attached hydrogens (tertiary/aromatic N) is 3. The number of aryl methyl sites for hydroxylation is 1. The Kier molecular flexibility index (Phi) is 6.61. The molecule has 0 spiro atoms. The summed E-state index contributed by atoms with van der Waals surface area (Å²) < 4.78 is 27.5. The zero-order valence-electron chi connectivity index (χ0n) is 17.0. The number of hydrogen-bond donors (Lipinski definition) is 0. The first-order valence-corrected chi connectivity index (χ1v) is 10.7. The van der Waals surface area contributed by atoms with Crippen LogP contribution in [0.3, 0.4) is 0 Å². The Balaban J connectivity index is 1.94. The minimum atomic E-state index is -3.86. The third-order valence-corrected chi connectivity index (χ3v) is 6.26. The number of pyridine rings is 1. The van der Waals surface area contributed by atoms with Crippen molar-refractivity contribution in [3.05, 3.63) is 95.1 Å². The number of amides is 1. The molecule has 0 atom stereocenters. The zero-order chi connectivity index (χ0) is 21.7. The van der Waals surface area contributed by atoms with Gasteiger partial charge in [-0.25, -0.2) is 8.42 Å². The maximum Gasteiger partial charge on any atom is 0.278 e. The van der Waals surface area contributed by atoms with Crippen LogP contribution in [0.1, 0.15) is 21.5 Å². The molecule has 3 aromatic rings. The molecule has 0 saturated carbocycles. The minimum absolute atomic E-state index is 0.0477. The largest absolute Gasteiger partial charge is 0.328 e. The van der Waals surface area contributed by atoms with Crippen molar-refractivity contribution >= 4 is 15.9 Å². The number of hydroxylamine groups is 1. The van der Waals surface area contributed by atoms with Crippen LogP contribution in [-0.4, -0.2) is 37.5 Å². The first-order chi connectivity index (χ1) is 14.3. The van der Waals surface area contributed by atoms with Crippen molar-refractivity contribution in [1.29, 1.82) is 0 Å². The molecule has 7 nitrogen and oxygen atoms in total. The lowest BCUT2D eigenvalue weighted by Crippen LogP contribution is -2.26. The Morgan fingerprint density at radius 1 is 1.07 bits per heavy atom. The predicted molar refractivity (Wildman–Crippen MR) is 113 cm³/mol. The molecule has 0 bridgehead atoms. The van der Waals surface area contributed by atoms with Gasteiger partial charge in [-0.2, -0.15) is 4.99 Å². The molecule has 0 aliphatic carbocycles. The fourth-order valence-corrected chi connectivity index (χ4v) is 3.82. The van der Waals surface area contributed by atoms with E-state index in [0.717, 1.165) is 10.0 Å². The van der Waals surface area contributed by atoms with Crippen LogP contribution in [0.2, 0.25) is 0 Å². The van der Waals surface area contributed by atoms with Crippen LogP contribution in [0.4, 0.5) is 0 Å². The average molecular weight is 426 g/mol. The van der Waals surface area contributed by atoms with E-state index in [4.69, 9.17) is 4.84 Å². The normalized spacial score (nSPS) is 12.3. The molecule has 0 fully saturated rings. The predicted octanol–water partition coefficient (Wildman–Crippen LogP) is 2.77. The van der Waals surface area contributed by atoms with E-state index in [0.29, 0.717) is 12.0 Å². The van der Waals surface area contributed by atoms with Crippen molar-refractivity contribution in [3.8, 4) is 0 Å². The number of sulfonamides is 1. The summed E-state index contributed by atoms with van der Waals surface area (Å²) in [5.74, 6) is -0.532. The van der Waals surface area contributed by atoms with E-state index in [2.05, 4.69) is 4.99 Å². The van der Waals surface area contributed by atoms with Crippen molar-refractivity contribution < 1.29 is 18.0 Å². The van der Waals surface area contributed by atoms with E-state index < -0.39 is 15.9 Å². The van der Waals surface area contributed by atoms with Gasteiger partial charge in [-0.1, -0.05) is 46.4 Å². The van der Waals surface area contributed by atoms with E-state index in [1.807, 2.05) is 48.0 Å². The molecule has 1 heterocycles. The summed E-state index contributed by atoms with van der Waals surface area (Å²) in [5.41, 5.74) is 2.90. The molecule has 0 N–H and O–H groups in total. The smallest absolute Gasteiger partial charge is 0.278 e. The van der Waals surface area contributed by atoms with Gasteiger partial charge in [-0.15, -0.1) is 0 Å². The fraction of sp³-hybridized carbons (Fsp3) is 0.182. The lowest BCUT2D eigenvalue weighted by atomic mass is 10.1. The van der Waals surface area contributed by atoms with Crippen LogP contribution in [0.15, 0.2) is 82.8 Å². The van der Waals surface area contributed by atoms with Gasteiger partial charge in [0, 0.05) is 25.4 Å². The van der Waals surface area contributed by atoms with Gasteiger partial charge in [0.2, 0.25) is 0 Å². The third-order valence-electron chi connectivity index (χ3n) is 4.58. The Hall–Kier alpha value is -3.07. The number of aromatic nitrogens is 1. The number of carbonyl (C=O) groups excluding carboxylic acids is 1. The van der Waals surface area contributed by atoms with Gasteiger partial charge in [-0.05, 0) is 42.8 Å². The lowest BCUT2D eigenvalue weighted by Gasteiger charge is -2.14. The molecule has 8 heteroatoms. The molecule has 0 aliphatic heterocycles. The van der Waals surface area contributed by atoms with Gasteiger partial charge in [-0.3, -0.25) is 9.63 Å². The minimum Gasteiger partial charge on any atom is -0.328 e. The van der Waals surface area contributed by atoms with Crippen LogP contribution in [-0.2, 0) is 21.4 Å².